The molecule has 0 aliphatic rings. The van der Waals surface area contributed by atoms with E-state index in [9.17, 15) is 0 Å². The molecule has 0 spiro atoms. The molecule has 0 saturated heterocycles. The van der Waals surface area contributed by atoms with E-state index in [1.807, 2.05) is 0 Å². The third kappa shape index (κ3) is 5.55. The van der Waals surface area contributed by atoms with E-state index in [1.54, 1.807) is 0 Å². The van der Waals surface area contributed by atoms with Crippen molar-refractivity contribution in [1.82, 2.24) is 5.32 Å². The molecule has 0 saturated carbocycles. The number of para-hydroxylation sites is 1. The summed E-state index contributed by atoms with van der Waals surface area (Å²) in [5.74, 6) is 0. The van der Waals surface area contributed by atoms with E-state index >= 15 is 0 Å². The van der Waals surface area contributed by atoms with Crippen LogP contribution in [0.4, 0.5) is 5.69 Å². The molecule has 0 fully saturated rings. The van der Waals surface area contributed by atoms with E-state index in [2.05, 4.69) is 61.1 Å². The molecule has 1 N–H and O–H groups in total. The van der Waals surface area contributed by atoms with Gasteiger partial charge in [0.1, 0.15) is 0 Å². The van der Waals surface area contributed by atoms with Crippen LogP contribution in [0.15, 0.2) is 42.5 Å². The van der Waals surface area contributed by atoms with Crippen molar-refractivity contribution in [3.63, 3.8) is 0 Å². The zero-order chi connectivity index (χ0) is 12.5. The highest BCUT2D eigenvalue weighted by atomic mass is 15.1. The summed E-state index contributed by atoms with van der Waals surface area (Å²) in [4.78, 5) is 2.29. The predicted molar refractivity (Wildman–Crippen MR) is 76.6 cm³/mol. The molecule has 1 rings (SSSR count). The molecule has 17 heavy (non-hydrogen) atoms. The van der Waals surface area contributed by atoms with Crippen molar-refractivity contribution in [1.29, 1.82) is 0 Å². The molecule has 0 unspecified atom stereocenters. The average molecular weight is 232 g/mol. The molecule has 1 aromatic rings. The fourth-order valence-corrected chi connectivity index (χ4v) is 1.64. The number of nitrogens with zero attached hydrogens (tertiary/aromatic N) is 1. The molecule has 94 valence electrons. The fraction of sp³-hybridized carbons (Fsp3) is 0.467. The standard InChI is InChI=1S/C15H24N2/c1-4-14(2)13-16-11-8-12-17(3)15-9-6-5-7-10-15/h5-7,9-10,16H,2,4,8,11-13H2,1,3H3. The van der Waals surface area contributed by atoms with Crippen LogP contribution >= 0.6 is 0 Å². The van der Waals surface area contributed by atoms with Crippen LogP contribution in [0.25, 0.3) is 0 Å². The minimum Gasteiger partial charge on any atom is -0.375 e. The summed E-state index contributed by atoms with van der Waals surface area (Å²) < 4.78 is 0. The molecule has 0 aliphatic carbocycles. The van der Waals surface area contributed by atoms with Crippen LogP contribution in [0, 0.1) is 0 Å². The second-order valence-electron chi connectivity index (χ2n) is 4.39. The highest BCUT2D eigenvalue weighted by Crippen LogP contribution is 2.10. The quantitative estimate of drug-likeness (QED) is 0.547. The summed E-state index contributed by atoms with van der Waals surface area (Å²) in [7, 11) is 2.14. The lowest BCUT2D eigenvalue weighted by Crippen LogP contribution is -2.24. The summed E-state index contributed by atoms with van der Waals surface area (Å²) in [5.41, 5.74) is 2.56. The second kappa shape index (κ2) is 7.91. The first-order valence-electron chi connectivity index (χ1n) is 6.37. The lowest BCUT2D eigenvalue weighted by atomic mass is 10.2. The Morgan fingerprint density at radius 2 is 2.00 bits per heavy atom. The van der Waals surface area contributed by atoms with Gasteiger partial charge in [0.2, 0.25) is 0 Å². The second-order valence-corrected chi connectivity index (χ2v) is 4.39. The lowest BCUT2D eigenvalue weighted by molar-refractivity contribution is 0.669. The predicted octanol–water partition coefficient (Wildman–Crippen LogP) is 3.07. The van der Waals surface area contributed by atoms with Crippen LogP contribution in [-0.2, 0) is 0 Å². The first-order chi connectivity index (χ1) is 8.24. The van der Waals surface area contributed by atoms with Crippen LogP contribution in [0.5, 0.6) is 0 Å². The van der Waals surface area contributed by atoms with Crippen LogP contribution in [0.3, 0.4) is 0 Å². The number of hydrogen-bond donors (Lipinski definition) is 1. The van der Waals surface area contributed by atoms with E-state index in [4.69, 9.17) is 0 Å². The molecule has 2 heteroatoms. The minimum absolute atomic E-state index is 0.950. The van der Waals surface area contributed by atoms with E-state index in [1.165, 1.54) is 11.3 Å². The Morgan fingerprint density at radius 1 is 1.29 bits per heavy atom. The van der Waals surface area contributed by atoms with Gasteiger partial charge in [-0.15, -0.1) is 0 Å². The Kier molecular flexibility index (Phi) is 6.41. The number of benzene rings is 1. The van der Waals surface area contributed by atoms with Crippen LogP contribution in [-0.4, -0.2) is 26.7 Å². The highest BCUT2D eigenvalue weighted by molar-refractivity contribution is 5.44. The number of rotatable bonds is 8. The topological polar surface area (TPSA) is 15.3 Å². The number of anilines is 1. The van der Waals surface area contributed by atoms with Gasteiger partial charge in [0.25, 0.3) is 0 Å². The number of hydrogen-bond acceptors (Lipinski definition) is 2. The van der Waals surface area contributed by atoms with Gasteiger partial charge in [0.05, 0.1) is 0 Å². The largest absolute Gasteiger partial charge is 0.375 e. The Hall–Kier alpha value is -1.28. The van der Waals surface area contributed by atoms with Crippen molar-refractivity contribution in [2.45, 2.75) is 19.8 Å². The molecule has 0 radical (unpaired) electrons. The van der Waals surface area contributed by atoms with Crippen molar-refractivity contribution >= 4 is 5.69 Å². The van der Waals surface area contributed by atoms with Crippen molar-refractivity contribution in [3.05, 3.63) is 42.5 Å². The molecular formula is C15H24N2. The Bertz CT molecular complexity index is 319. The van der Waals surface area contributed by atoms with Gasteiger partial charge >= 0.3 is 0 Å². The van der Waals surface area contributed by atoms with Gasteiger partial charge in [-0.1, -0.05) is 37.3 Å². The molecule has 0 aliphatic heterocycles. The maximum Gasteiger partial charge on any atom is 0.0363 e. The van der Waals surface area contributed by atoms with E-state index in [-0.39, 0.29) is 0 Å². The maximum absolute atomic E-state index is 3.98. The third-order valence-electron chi connectivity index (χ3n) is 2.92. The monoisotopic (exact) mass is 232 g/mol. The summed E-state index contributed by atoms with van der Waals surface area (Å²) in [6.07, 6.45) is 2.22. The zero-order valence-corrected chi connectivity index (χ0v) is 11.1. The van der Waals surface area contributed by atoms with E-state index in [0.717, 1.165) is 32.5 Å². The van der Waals surface area contributed by atoms with Crippen LogP contribution in [0.1, 0.15) is 19.8 Å². The maximum atomic E-state index is 3.98. The molecule has 2 nitrogen and oxygen atoms in total. The van der Waals surface area contributed by atoms with Crippen molar-refractivity contribution < 1.29 is 0 Å². The summed E-state index contributed by atoms with van der Waals surface area (Å²) >= 11 is 0. The Labute approximate surface area is 105 Å². The average Bonchev–Trinajstić information content (AvgIpc) is 2.38. The molecular weight excluding hydrogens is 208 g/mol. The third-order valence-corrected chi connectivity index (χ3v) is 2.92. The lowest BCUT2D eigenvalue weighted by Gasteiger charge is -2.19. The fourth-order valence-electron chi connectivity index (χ4n) is 1.64. The normalized spacial score (nSPS) is 10.2. The molecule has 0 amide bonds. The molecule has 0 aromatic heterocycles. The van der Waals surface area contributed by atoms with Crippen LogP contribution < -0.4 is 10.2 Å². The van der Waals surface area contributed by atoms with Gasteiger partial charge in [0.15, 0.2) is 0 Å². The first-order valence-corrected chi connectivity index (χ1v) is 6.37. The smallest absolute Gasteiger partial charge is 0.0363 e. The van der Waals surface area contributed by atoms with Gasteiger partial charge in [-0.3, -0.25) is 0 Å². The van der Waals surface area contributed by atoms with Gasteiger partial charge in [0, 0.05) is 25.8 Å². The van der Waals surface area contributed by atoms with Crippen molar-refractivity contribution in [2.75, 3.05) is 31.6 Å². The van der Waals surface area contributed by atoms with Crippen molar-refractivity contribution in [2.24, 2.45) is 0 Å². The minimum atomic E-state index is 0.950. The highest BCUT2D eigenvalue weighted by Gasteiger charge is 1.98. The van der Waals surface area contributed by atoms with Gasteiger partial charge < -0.3 is 10.2 Å². The van der Waals surface area contributed by atoms with Crippen molar-refractivity contribution in [3.8, 4) is 0 Å². The first kappa shape index (κ1) is 13.8. The summed E-state index contributed by atoms with van der Waals surface area (Å²) in [6.45, 7) is 9.21. The zero-order valence-electron chi connectivity index (χ0n) is 11.1. The van der Waals surface area contributed by atoms with E-state index in [0.29, 0.717) is 0 Å². The molecule has 0 bridgehead atoms. The van der Waals surface area contributed by atoms with E-state index < -0.39 is 0 Å². The molecule has 0 heterocycles. The number of nitrogens with one attached hydrogen (secondary N) is 1. The Morgan fingerprint density at radius 3 is 2.65 bits per heavy atom. The van der Waals surface area contributed by atoms with Crippen LogP contribution in [0.2, 0.25) is 0 Å². The van der Waals surface area contributed by atoms with Gasteiger partial charge in [-0.2, -0.15) is 0 Å². The Balaban J connectivity index is 2.13. The van der Waals surface area contributed by atoms with Gasteiger partial charge in [-0.25, -0.2) is 0 Å². The SMILES string of the molecule is C=C(CC)CNCCCN(C)c1ccccc1. The summed E-state index contributed by atoms with van der Waals surface area (Å²) in [5, 5.41) is 3.42. The van der Waals surface area contributed by atoms with Gasteiger partial charge in [-0.05, 0) is 31.5 Å². The summed E-state index contributed by atoms with van der Waals surface area (Å²) in [6, 6.07) is 10.5. The molecule has 1 aromatic carbocycles. The molecule has 0 atom stereocenters.